The number of ether oxygens (including phenoxy) is 1. The summed E-state index contributed by atoms with van der Waals surface area (Å²) >= 11 is 2.18. The third kappa shape index (κ3) is 5.49. The summed E-state index contributed by atoms with van der Waals surface area (Å²) in [5.74, 6) is -2.65. The topological polar surface area (TPSA) is 126 Å². The molecule has 29 heavy (non-hydrogen) atoms. The number of anilines is 1. The second-order valence-electron chi connectivity index (χ2n) is 8.15. The van der Waals surface area contributed by atoms with Crippen LogP contribution in [0.5, 0.6) is 0 Å². The number of nitrogens with zero attached hydrogens (tertiary/aromatic N) is 1. The minimum Gasteiger partial charge on any atom is -0.444 e. The Morgan fingerprint density at radius 3 is 2.52 bits per heavy atom. The number of halogens is 1. The fourth-order valence-electron chi connectivity index (χ4n) is 3.31. The molecular weight excluding hydrogens is 507 g/mol. The van der Waals surface area contributed by atoms with Crippen LogP contribution in [0.3, 0.4) is 0 Å². The summed E-state index contributed by atoms with van der Waals surface area (Å²) in [4.78, 5) is 13.1. The lowest BCUT2D eigenvalue weighted by Gasteiger charge is -2.47. The fourth-order valence-corrected chi connectivity index (χ4v) is 4.50. The highest BCUT2D eigenvalue weighted by Gasteiger charge is 2.51. The second kappa shape index (κ2) is 8.51. The third-order valence-corrected chi connectivity index (χ3v) is 5.51. The van der Waals surface area contributed by atoms with E-state index < -0.39 is 23.2 Å². The maximum atomic E-state index is 12.5. The van der Waals surface area contributed by atoms with Crippen molar-refractivity contribution in [3.63, 3.8) is 0 Å². The Morgan fingerprint density at radius 2 is 2.03 bits per heavy atom. The maximum Gasteiger partial charge on any atom is 0.416 e. The number of carbonyl (C=O) groups is 1. The van der Waals surface area contributed by atoms with Crippen molar-refractivity contribution in [2.24, 2.45) is 0 Å². The van der Waals surface area contributed by atoms with Crippen LogP contribution >= 0.6 is 28.4 Å². The Hall–Kier alpha value is -1.20. The van der Waals surface area contributed by atoms with Crippen molar-refractivity contribution in [1.29, 1.82) is 5.41 Å². The first-order valence-corrected chi connectivity index (χ1v) is 13.0. The predicted octanol–water partition coefficient (Wildman–Crippen LogP) is 2.29. The fraction of sp³-hybridized carbons (Fsp3) is 0.444. The van der Waals surface area contributed by atoms with Crippen LogP contribution < -0.4 is 5.09 Å². The monoisotopic (exact) mass is 533 g/mol. The van der Waals surface area contributed by atoms with E-state index in [2.05, 4.69) is 27.1 Å². The molecule has 0 spiro atoms. The molecule has 0 fully saturated rings. The second-order valence-corrected chi connectivity index (χ2v) is 10.2. The molecule has 8 nitrogen and oxygen atoms in total. The van der Waals surface area contributed by atoms with Gasteiger partial charge in [0.1, 0.15) is 11.2 Å². The summed E-state index contributed by atoms with van der Waals surface area (Å²) in [5, 5.41) is 43.0. The van der Waals surface area contributed by atoms with Crippen molar-refractivity contribution >= 4 is 59.8 Å². The SMILES string of the molecule is BC1(O)C=C(c2cc(NPI)c(C=N)cc2C)CC(O)(O)N1C(=O)OC(C)(C)C. The number of rotatable bonds is 4. The molecule has 0 saturated heterocycles. The molecule has 0 aromatic heterocycles. The standard InChI is InChI=1S/C18H26BIN3O5P/c1-10-5-11(9-21)14(22-29-20)6-13(10)12-7-17(19,25)23(18(26,27)8-12)15(24)28-16(2,3)4/h5-7,9,21-22,25-27,29H,8,19H2,1-4H3. The van der Waals surface area contributed by atoms with E-state index in [1.807, 2.05) is 19.1 Å². The van der Waals surface area contributed by atoms with Gasteiger partial charge >= 0.3 is 6.09 Å². The molecule has 0 saturated carbocycles. The van der Waals surface area contributed by atoms with E-state index in [4.69, 9.17) is 10.1 Å². The third-order valence-electron chi connectivity index (χ3n) is 4.34. The van der Waals surface area contributed by atoms with Crippen LogP contribution in [0.1, 0.15) is 43.9 Å². The van der Waals surface area contributed by atoms with Crippen LogP contribution in [0.2, 0.25) is 0 Å². The average molecular weight is 533 g/mol. The zero-order chi connectivity index (χ0) is 22.2. The van der Waals surface area contributed by atoms with Gasteiger partial charge in [-0.1, -0.05) is 0 Å². The molecule has 1 aromatic carbocycles. The molecule has 0 bridgehead atoms. The van der Waals surface area contributed by atoms with Gasteiger partial charge < -0.3 is 30.6 Å². The maximum absolute atomic E-state index is 12.5. The van der Waals surface area contributed by atoms with E-state index in [0.29, 0.717) is 28.0 Å². The van der Waals surface area contributed by atoms with Gasteiger partial charge in [-0.15, -0.1) is 0 Å². The Bertz CT molecular complexity index is 855. The molecule has 158 valence electrons. The molecule has 1 aliphatic heterocycles. The first-order chi connectivity index (χ1) is 13.2. The Balaban J connectivity index is 2.54. The normalized spacial score (nSPS) is 21.8. The molecule has 1 amide bonds. The van der Waals surface area contributed by atoms with Gasteiger partial charge in [0.05, 0.1) is 0 Å². The summed E-state index contributed by atoms with van der Waals surface area (Å²) in [5.41, 5.74) is 0.517. The Morgan fingerprint density at radius 1 is 1.41 bits per heavy atom. The van der Waals surface area contributed by atoms with Crippen molar-refractivity contribution in [2.45, 2.75) is 51.3 Å². The van der Waals surface area contributed by atoms with Gasteiger partial charge in [0, 0.05) is 30.3 Å². The Kier molecular flexibility index (Phi) is 7.06. The molecule has 0 radical (unpaired) electrons. The van der Waals surface area contributed by atoms with Crippen molar-refractivity contribution in [3.05, 3.63) is 34.9 Å². The van der Waals surface area contributed by atoms with Crippen LogP contribution in [-0.2, 0) is 4.74 Å². The van der Waals surface area contributed by atoms with Crippen molar-refractivity contribution in [2.75, 3.05) is 5.09 Å². The van der Waals surface area contributed by atoms with Crippen molar-refractivity contribution in [1.82, 2.24) is 4.90 Å². The van der Waals surface area contributed by atoms with Crippen molar-refractivity contribution in [3.8, 4) is 0 Å². The summed E-state index contributed by atoms with van der Waals surface area (Å²) in [6.45, 7) is 6.79. The van der Waals surface area contributed by atoms with Gasteiger partial charge in [-0.25, -0.2) is 9.69 Å². The quantitative estimate of drug-likeness (QED) is 0.133. The number of aryl methyl sites for hydroxylation is 1. The lowest BCUT2D eigenvalue weighted by molar-refractivity contribution is -0.285. The highest BCUT2D eigenvalue weighted by Crippen LogP contribution is 2.40. The number of hydrogen-bond acceptors (Lipinski definition) is 7. The average Bonchev–Trinajstić information content (AvgIpc) is 2.51. The Labute approximate surface area is 185 Å². The number of hydrogen-bond donors (Lipinski definition) is 5. The lowest BCUT2D eigenvalue weighted by atomic mass is 9.79. The number of carbonyl (C=O) groups excluding carboxylic acids is 1. The van der Waals surface area contributed by atoms with E-state index in [-0.39, 0.29) is 6.42 Å². The van der Waals surface area contributed by atoms with Crippen LogP contribution in [0.25, 0.3) is 5.57 Å². The molecule has 1 heterocycles. The van der Waals surface area contributed by atoms with Crippen LogP contribution in [0, 0.1) is 12.3 Å². The number of aliphatic hydroxyl groups is 3. The number of amides is 1. The van der Waals surface area contributed by atoms with Gasteiger partial charge in [-0.2, -0.15) is 0 Å². The minimum absolute atomic E-state index is 0.320. The molecule has 2 rings (SSSR count). The molecular formula is C18H26BIN3O5P. The summed E-state index contributed by atoms with van der Waals surface area (Å²) in [6, 6.07) is 3.62. The largest absolute Gasteiger partial charge is 0.444 e. The number of nitrogens with one attached hydrogen (secondary N) is 2. The van der Waals surface area contributed by atoms with Gasteiger partial charge in [-0.3, -0.25) is 0 Å². The van der Waals surface area contributed by atoms with Crippen LogP contribution in [-0.4, -0.2) is 57.5 Å². The van der Waals surface area contributed by atoms with Crippen molar-refractivity contribution < 1.29 is 24.9 Å². The lowest BCUT2D eigenvalue weighted by Crippen LogP contribution is -2.66. The first-order valence-electron chi connectivity index (χ1n) is 8.91. The van der Waals surface area contributed by atoms with Gasteiger partial charge in [0.25, 0.3) is 5.91 Å². The molecule has 2 unspecified atom stereocenters. The zero-order valence-electron chi connectivity index (χ0n) is 17.0. The molecule has 11 heteroatoms. The summed E-state index contributed by atoms with van der Waals surface area (Å²) in [7, 11) is 1.30. The summed E-state index contributed by atoms with van der Waals surface area (Å²) in [6.07, 6.45) is 1.69. The van der Waals surface area contributed by atoms with Gasteiger partial charge in [0.15, 0.2) is 7.85 Å². The first kappa shape index (κ1) is 24.1. The molecule has 1 aromatic rings. The van der Waals surface area contributed by atoms with E-state index in [1.165, 1.54) is 20.1 Å². The van der Waals surface area contributed by atoms with Crippen LogP contribution in [0.4, 0.5) is 10.5 Å². The highest BCUT2D eigenvalue weighted by atomic mass is 127. The smallest absolute Gasteiger partial charge is 0.416 e. The minimum atomic E-state index is -2.65. The number of benzene rings is 1. The molecule has 0 aliphatic carbocycles. The van der Waals surface area contributed by atoms with E-state index in [0.717, 1.165) is 11.3 Å². The van der Waals surface area contributed by atoms with E-state index >= 15 is 0 Å². The van der Waals surface area contributed by atoms with Crippen LogP contribution in [0.15, 0.2) is 18.2 Å². The molecule has 5 N–H and O–H groups in total. The molecule has 1 aliphatic rings. The zero-order valence-corrected chi connectivity index (χ0v) is 20.2. The highest BCUT2D eigenvalue weighted by molar-refractivity contribution is 14.2. The van der Waals surface area contributed by atoms with E-state index in [9.17, 15) is 20.1 Å². The molecule has 2 atom stereocenters. The predicted molar refractivity (Wildman–Crippen MR) is 126 cm³/mol. The van der Waals surface area contributed by atoms with Gasteiger partial charge in [0.2, 0.25) is 0 Å². The van der Waals surface area contributed by atoms with Gasteiger partial charge in [-0.05, 0) is 84.6 Å². The van der Waals surface area contributed by atoms with E-state index in [1.54, 1.807) is 20.8 Å². The summed E-state index contributed by atoms with van der Waals surface area (Å²) < 4.78 is 5.24.